The van der Waals surface area contributed by atoms with Crippen LogP contribution in [-0.4, -0.2) is 0 Å². The molecule has 1 aromatic carbocycles. The summed E-state index contributed by atoms with van der Waals surface area (Å²) >= 11 is 0. The van der Waals surface area contributed by atoms with Crippen LogP contribution in [-0.2, 0) is 0 Å². The first kappa shape index (κ1) is 11.9. The lowest BCUT2D eigenvalue weighted by Gasteiger charge is -2.16. The van der Waals surface area contributed by atoms with E-state index >= 15 is 0 Å². The molecule has 0 aliphatic heterocycles. The predicted octanol–water partition coefficient (Wildman–Crippen LogP) is 4.30. The maximum Gasteiger partial charge on any atom is 0.0248 e. The molecule has 0 saturated carbocycles. The minimum atomic E-state index is 0.570. The molecule has 0 nitrogen and oxygen atoms in total. The molecule has 0 heterocycles. The van der Waals surface area contributed by atoms with Gasteiger partial charge in [-0.15, -0.1) is 5.92 Å². The molecule has 0 heteroatoms. The minimum absolute atomic E-state index is 0.570. The molecule has 80 valence electrons. The van der Waals surface area contributed by atoms with Crippen LogP contribution in [0.4, 0.5) is 0 Å². The maximum absolute atomic E-state index is 3.12. The normalized spacial score (nSPS) is 10.3. The van der Waals surface area contributed by atoms with E-state index in [1.165, 1.54) is 11.1 Å². The molecule has 15 heavy (non-hydrogen) atoms. The highest BCUT2D eigenvalue weighted by molar-refractivity contribution is 5.43. The van der Waals surface area contributed by atoms with E-state index in [1.54, 1.807) is 0 Å². The first-order chi connectivity index (χ1) is 7.06. The lowest BCUT2D eigenvalue weighted by molar-refractivity contribution is 0.790. The summed E-state index contributed by atoms with van der Waals surface area (Å²) in [6.45, 7) is 10.8. The van der Waals surface area contributed by atoms with Crippen molar-refractivity contribution in [2.24, 2.45) is 0 Å². The molecule has 1 rings (SSSR count). The summed E-state index contributed by atoms with van der Waals surface area (Å²) in [5.41, 5.74) is 4.02. The Balaban J connectivity index is 3.24. The van der Waals surface area contributed by atoms with Crippen molar-refractivity contribution in [3.05, 3.63) is 34.9 Å². The molecular weight excluding hydrogens is 180 g/mol. The molecule has 0 N–H and O–H groups in total. The van der Waals surface area contributed by atoms with Crippen molar-refractivity contribution in [1.82, 2.24) is 0 Å². The van der Waals surface area contributed by atoms with Gasteiger partial charge < -0.3 is 0 Å². The maximum atomic E-state index is 3.12. The van der Waals surface area contributed by atoms with Gasteiger partial charge in [0.1, 0.15) is 0 Å². The molecule has 0 saturated heterocycles. The summed E-state index contributed by atoms with van der Waals surface area (Å²) in [5.74, 6) is 7.23. The van der Waals surface area contributed by atoms with E-state index in [9.17, 15) is 0 Å². The quantitative estimate of drug-likeness (QED) is 0.624. The Labute approximate surface area is 93.7 Å². The lowest BCUT2D eigenvalue weighted by atomic mass is 9.89. The largest absolute Gasteiger partial charge is 0.101 e. The summed E-state index contributed by atoms with van der Waals surface area (Å²) in [4.78, 5) is 0. The summed E-state index contributed by atoms with van der Waals surface area (Å²) in [6, 6.07) is 6.58. The van der Waals surface area contributed by atoms with Gasteiger partial charge in [-0.05, 0) is 42.0 Å². The van der Waals surface area contributed by atoms with Crippen molar-refractivity contribution in [1.29, 1.82) is 0 Å². The van der Waals surface area contributed by atoms with Crippen LogP contribution in [0.25, 0.3) is 0 Å². The van der Waals surface area contributed by atoms with Gasteiger partial charge >= 0.3 is 0 Å². The van der Waals surface area contributed by atoms with Gasteiger partial charge in [-0.1, -0.05) is 39.7 Å². The number of hydrogen-bond donors (Lipinski definition) is 0. The highest BCUT2D eigenvalue weighted by atomic mass is 14.1. The van der Waals surface area contributed by atoms with Crippen molar-refractivity contribution in [3.63, 3.8) is 0 Å². The molecule has 0 spiro atoms. The Morgan fingerprint density at radius 3 is 2.00 bits per heavy atom. The van der Waals surface area contributed by atoms with E-state index in [4.69, 9.17) is 0 Å². The smallest absolute Gasteiger partial charge is 0.0248 e. The van der Waals surface area contributed by atoms with E-state index in [0.717, 1.165) is 5.56 Å². The Morgan fingerprint density at radius 2 is 1.53 bits per heavy atom. The summed E-state index contributed by atoms with van der Waals surface area (Å²) in [5, 5.41) is 0. The Bertz CT molecular complexity index is 386. The zero-order valence-electron chi connectivity index (χ0n) is 10.4. The average molecular weight is 200 g/mol. The van der Waals surface area contributed by atoms with Crippen LogP contribution in [0, 0.1) is 11.8 Å². The first-order valence-electron chi connectivity index (χ1n) is 5.62. The van der Waals surface area contributed by atoms with Crippen LogP contribution in [0.2, 0.25) is 0 Å². The molecule has 0 radical (unpaired) electrons. The zero-order valence-corrected chi connectivity index (χ0v) is 10.4. The van der Waals surface area contributed by atoms with Crippen molar-refractivity contribution < 1.29 is 0 Å². The predicted molar refractivity (Wildman–Crippen MR) is 67.2 cm³/mol. The van der Waals surface area contributed by atoms with Gasteiger partial charge in [0.2, 0.25) is 0 Å². The topological polar surface area (TPSA) is 0 Å². The van der Waals surface area contributed by atoms with Gasteiger partial charge in [-0.2, -0.15) is 0 Å². The SMILES string of the molecule is CC#Cc1ccc(C(C)C)c(C(C)C)c1. The van der Waals surface area contributed by atoms with Crippen LogP contribution in [0.5, 0.6) is 0 Å². The van der Waals surface area contributed by atoms with Crippen molar-refractivity contribution in [2.75, 3.05) is 0 Å². The molecule has 0 unspecified atom stereocenters. The Morgan fingerprint density at radius 1 is 0.933 bits per heavy atom. The van der Waals surface area contributed by atoms with E-state index in [-0.39, 0.29) is 0 Å². The summed E-state index contributed by atoms with van der Waals surface area (Å²) < 4.78 is 0. The number of hydrogen-bond acceptors (Lipinski definition) is 0. The molecule has 0 fully saturated rings. The Kier molecular flexibility index (Phi) is 3.97. The second-order valence-corrected chi connectivity index (χ2v) is 4.53. The van der Waals surface area contributed by atoms with Gasteiger partial charge in [0.25, 0.3) is 0 Å². The third kappa shape index (κ3) is 2.86. The molecule has 0 amide bonds. The third-order valence-corrected chi connectivity index (χ3v) is 2.60. The highest BCUT2D eigenvalue weighted by Crippen LogP contribution is 2.26. The van der Waals surface area contributed by atoms with Crippen LogP contribution >= 0.6 is 0 Å². The molecule has 0 atom stereocenters. The second-order valence-electron chi connectivity index (χ2n) is 4.53. The molecule has 0 aromatic heterocycles. The van der Waals surface area contributed by atoms with Crippen molar-refractivity contribution >= 4 is 0 Å². The Hall–Kier alpha value is -1.22. The average Bonchev–Trinajstić information content (AvgIpc) is 2.17. The van der Waals surface area contributed by atoms with Gasteiger partial charge in [0.15, 0.2) is 0 Å². The second kappa shape index (κ2) is 5.03. The first-order valence-corrected chi connectivity index (χ1v) is 5.62. The van der Waals surface area contributed by atoms with Crippen molar-refractivity contribution in [3.8, 4) is 11.8 Å². The molecule has 0 aliphatic carbocycles. The van der Waals surface area contributed by atoms with E-state index in [2.05, 4.69) is 57.7 Å². The minimum Gasteiger partial charge on any atom is -0.101 e. The van der Waals surface area contributed by atoms with E-state index < -0.39 is 0 Å². The number of benzene rings is 1. The van der Waals surface area contributed by atoms with Crippen molar-refractivity contribution in [2.45, 2.75) is 46.5 Å². The highest BCUT2D eigenvalue weighted by Gasteiger charge is 2.09. The lowest BCUT2D eigenvalue weighted by Crippen LogP contribution is -1.99. The molecule has 0 aliphatic rings. The van der Waals surface area contributed by atoms with Gasteiger partial charge in [0.05, 0.1) is 0 Å². The molecular formula is C15H20. The summed E-state index contributed by atoms with van der Waals surface area (Å²) in [6.07, 6.45) is 0. The molecule has 0 bridgehead atoms. The van der Waals surface area contributed by atoms with E-state index in [1.807, 2.05) is 6.92 Å². The standard InChI is InChI=1S/C15H20/c1-6-7-13-8-9-14(11(2)3)15(10-13)12(4)5/h8-12H,1-5H3. The summed E-state index contributed by atoms with van der Waals surface area (Å²) in [7, 11) is 0. The fraction of sp³-hybridized carbons (Fsp3) is 0.467. The zero-order chi connectivity index (χ0) is 11.4. The van der Waals surface area contributed by atoms with Crippen LogP contribution in [0.1, 0.15) is 63.1 Å². The van der Waals surface area contributed by atoms with E-state index in [0.29, 0.717) is 11.8 Å². The van der Waals surface area contributed by atoms with Gasteiger partial charge in [-0.3, -0.25) is 0 Å². The molecule has 1 aromatic rings. The van der Waals surface area contributed by atoms with Gasteiger partial charge in [0, 0.05) is 5.56 Å². The van der Waals surface area contributed by atoms with Gasteiger partial charge in [-0.25, -0.2) is 0 Å². The monoisotopic (exact) mass is 200 g/mol. The number of rotatable bonds is 2. The fourth-order valence-electron chi connectivity index (χ4n) is 1.82. The fourth-order valence-corrected chi connectivity index (χ4v) is 1.82. The van der Waals surface area contributed by atoms with Crippen LogP contribution in [0.3, 0.4) is 0 Å². The third-order valence-electron chi connectivity index (χ3n) is 2.60. The van der Waals surface area contributed by atoms with Crippen LogP contribution in [0.15, 0.2) is 18.2 Å². The van der Waals surface area contributed by atoms with Crippen LogP contribution < -0.4 is 0 Å².